The fraction of sp³-hybridized carbons (Fsp3) is 0.300. The lowest BCUT2D eigenvalue weighted by Gasteiger charge is -1.99. The molecule has 3 aliphatic heterocycles. The van der Waals surface area contributed by atoms with Crippen molar-refractivity contribution in [2.45, 2.75) is 52.7 Å². The van der Waals surface area contributed by atoms with Crippen LogP contribution in [0.4, 0.5) is 0 Å². The number of esters is 8. The molecule has 0 amide bonds. The molecule has 3 heterocycles. The molecule has 0 radical (unpaired) electrons. The lowest BCUT2D eigenvalue weighted by molar-refractivity contribution is -0.150. The molecule has 19 nitrogen and oxygen atoms in total. The SMILES string of the molecule is C=C.C=C.C=C.C=C.C=C.C=C(C)C(=O)OCC1CO1.C=C(C)C(=O)OCC1CO1.C=CC(=O)O.C=CC(=O)OC.C=CC(=O)OC.C=CC(=O)OCCCC.C=COC(C)=O.O=C1C=CC(=O)O1. The van der Waals surface area contributed by atoms with E-state index in [-0.39, 0.29) is 36.1 Å². The van der Waals surface area contributed by atoms with Crippen molar-refractivity contribution in [2.75, 3.05) is 47.3 Å². The number of aliphatic carboxylic acids is 1. The van der Waals surface area contributed by atoms with Gasteiger partial charge in [0, 0.05) is 54.5 Å². The van der Waals surface area contributed by atoms with Gasteiger partial charge in [0.25, 0.3) is 0 Å². The van der Waals surface area contributed by atoms with Crippen molar-refractivity contribution in [3.8, 4) is 0 Å². The first-order valence-electron chi connectivity index (χ1n) is 19.3. The second-order valence-corrected chi connectivity index (χ2v) is 10.2. The second-order valence-electron chi connectivity index (χ2n) is 10.2. The summed E-state index contributed by atoms with van der Waals surface area (Å²) in [6.45, 7) is 61.9. The van der Waals surface area contributed by atoms with Gasteiger partial charge >= 0.3 is 53.7 Å². The van der Waals surface area contributed by atoms with Crippen LogP contribution in [0.5, 0.6) is 0 Å². The molecule has 0 aromatic heterocycles. The van der Waals surface area contributed by atoms with Gasteiger partial charge < -0.3 is 47.7 Å². The van der Waals surface area contributed by atoms with Crippen LogP contribution >= 0.6 is 0 Å². The molecule has 2 saturated heterocycles. The van der Waals surface area contributed by atoms with Crippen LogP contribution in [0.1, 0.15) is 40.5 Å². The molecule has 2 unspecified atom stereocenters. The summed E-state index contributed by atoms with van der Waals surface area (Å²) in [6.07, 6.45) is 9.76. The lowest BCUT2D eigenvalue weighted by atomic mass is 10.4. The van der Waals surface area contributed by atoms with Gasteiger partial charge in [-0.3, -0.25) is 4.79 Å². The van der Waals surface area contributed by atoms with Crippen LogP contribution in [0.25, 0.3) is 0 Å². The Morgan fingerprint density at radius 1 is 0.609 bits per heavy atom. The summed E-state index contributed by atoms with van der Waals surface area (Å²) in [5.41, 5.74) is 0.862. The quantitative estimate of drug-likeness (QED) is 0.0254. The number of carboxylic acid groups (broad SMARTS) is 1. The molecule has 69 heavy (non-hydrogen) atoms. The molecule has 0 aliphatic carbocycles. The minimum Gasteiger partial charge on any atom is -0.478 e. The number of ether oxygens (including phenoxy) is 9. The number of carbonyl (C=O) groups excluding carboxylic acids is 8. The van der Waals surface area contributed by atoms with Gasteiger partial charge in [0.05, 0.1) is 40.3 Å². The average Bonchev–Trinajstić information content (AvgIpc) is 4.33. The Kier molecular flexibility index (Phi) is 87.6. The largest absolute Gasteiger partial charge is 0.478 e. The number of cyclic esters (lactones) is 2. The van der Waals surface area contributed by atoms with Crippen LogP contribution in [0.2, 0.25) is 0 Å². The number of carbonyl (C=O) groups is 9. The fourth-order valence-electron chi connectivity index (χ4n) is 1.88. The molecule has 0 bridgehead atoms. The van der Waals surface area contributed by atoms with Crippen molar-refractivity contribution in [3.05, 3.63) is 166 Å². The van der Waals surface area contributed by atoms with Crippen LogP contribution in [-0.4, -0.2) is 118 Å². The van der Waals surface area contributed by atoms with E-state index in [0.717, 1.165) is 49.5 Å². The minimum atomic E-state index is -0.981. The summed E-state index contributed by atoms with van der Waals surface area (Å²) < 4.78 is 40.3. The molecule has 3 aliphatic rings. The first-order valence-corrected chi connectivity index (χ1v) is 19.3. The maximum absolute atomic E-state index is 10.7. The van der Waals surface area contributed by atoms with Gasteiger partial charge in [-0.05, 0) is 20.3 Å². The summed E-state index contributed by atoms with van der Waals surface area (Å²) >= 11 is 0. The Hall–Kier alpha value is -8.03. The van der Waals surface area contributed by atoms with E-state index in [1.807, 2.05) is 6.92 Å². The summed E-state index contributed by atoms with van der Waals surface area (Å²) in [6, 6.07) is 0. The molecular weight excluding hydrogens is 905 g/mol. The summed E-state index contributed by atoms with van der Waals surface area (Å²) in [7, 11) is 2.62. The van der Waals surface area contributed by atoms with E-state index in [1.165, 1.54) is 27.2 Å². The van der Waals surface area contributed by atoms with Gasteiger partial charge in [0.15, 0.2) is 0 Å². The van der Waals surface area contributed by atoms with Crippen LogP contribution in [-0.2, 0) is 85.8 Å². The number of hydrogen-bond donors (Lipinski definition) is 1. The van der Waals surface area contributed by atoms with Crippen molar-refractivity contribution in [1.82, 2.24) is 0 Å². The zero-order valence-corrected chi connectivity index (χ0v) is 41.5. The van der Waals surface area contributed by atoms with Crippen molar-refractivity contribution < 1.29 is 90.9 Å². The van der Waals surface area contributed by atoms with Crippen LogP contribution in [0, 0.1) is 0 Å². The predicted octanol–water partition coefficient (Wildman–Crippen LogP) is 7.80. The molecule has 19 heteroatoms. The minimum absolute atomic E-state index is 0.142. The molecule has 0 aromatic rings. The van der Waals surface area contributed by atoms with Gasteiger partial charge in [-0.25, -0.2) is 38.4 Å². The molecule has 0 saturated carbocycles. The Bertz CT molecular complexity index is 1450. The monoisotopic (exact) mass is 980 g/mol. The average molecular weight is 981 g/mol. The number of rotatable bonds is 14. The maximum Gasteiger partial charge on any atom is 0.338 e. The van der Waals surface area contributed by atoms with Crippen LogP contribution < -0.4 is 0 Å². The molecule has 2 atom stereocenters. The molecule has 2 fully saturated rings. The summed E-state index contributed by atoms with van der Waals surface area (Å²) in [4.78, 5) is 90.3. The Morgan fingerprint density at radius 3 is 1.04 bits per heavy atom. The highest BCUT2D eigenvalue weighted by Gasteiger charge is 2.24. The van der Waals surface area contributed by atoms with E-state index >= 15 is 0 Å². The number of hydrogen-bond acceptors (Lipinski definition) is 18. The predicted molar refractivity (Wildman–Crippen MR) is 268 cm³/mol. The van der Waals surface area contributed by atoms with Gasteiger partial charge in [-0.15, -0.1) is 65.8 Å². The van der Waals surface area contributed by atoms with E-state index in [0.29, 0.717) is 44.2 Å². The Labute approximate surface area is 409 Å². The topological polar surface area (TPSA) is 264 Å². The van der Waals surface area contributed by atoms with E-state index < -0.39 is 29.8 Å². The number of unbranched alkanes of at least 4 members (excludes halogenated alkanes) is 1. The van der Waals surface area contributed by atoms with Crippen molar-refractivity contribution >= 4 is 53.7 Å². The highest BCUT2D eigenvalue weighted by molar-refractivity contribution is 6.04. The number of carboxylic acids is 1. The normalized spacial score (nSPS) is 11.8. The summed E-state index contributed by atoms with van der Waals surface area (Å²) in [5.74, 6) is -4.26. The van der Waals surface area contributed by atoms with E-state index in [2.05, 4.69) is 136 Å². The van der Waals surface area contributed by atoms with Gasteiger partial charge in [0.2, 0.25) is 0 Å². The van der Waals surface area contributed by atoms with E-state index in [1.54, 1.807) is 13.8 Å². The standard InChI is InChI=1S/2C7H10O3.C7H12O2.C4H2O3.3C4H6O2.C3H4O2.5C2H4/c2*1-5(2)7(8)10-4-6-3-9-6;1-3-5-6-9-7(8)4-2;5-3-1-2-4(6)7-3;2*1-3-4(5)6-2;1-3-6-4(2)5;1-2-3(4)5;5*1-2/h2*6H,1,3-4H2,2H3;4H,2-3,5-6H2,1H3;1-2H;3*3H,1H2,2H3;2H,1H2,(H,4,5);5*1-2H2. The molecular formula is C50H76O19. The Morgan fingerprint density at radius 2 is 0.913 bits per heavy atom. The smallest absolute Gasteiger partial charge is 0.338 e. The molecule has 1 N–H and O–H groups in total. The number of epoxide rings is 2. The maximum atomic E-state index is 10.7. The van der Waals surface area contributed by atoms with E-state index in [4.69, 9.17) is 24.1 Å². The van der Waals surface area contributed by atoms with Gasteiger partial charge in [-0.2, -0.15) is 0 Å². The third kappa shape index (κ3) is 99.7. The zero-order chi connectivity index (χ0) is 56.8. The Balaban J connectivity index is -0.0000000708. The third-order valence-corrected chi connectivity index (χ3v) is 4.93. The molecule has 0 spiro atoms. The first kappa shape index (κ1) is 84.4. The fourth-order valence-corrected chi connectivity index (χ4v) is 1.88. The van der Waals surface area contributed by atoms with Gasteiger partial charge in [-0.1, -0.05) is 59.4 Å². The first-order chi connectivity index (χ1) is 32.6. The van der Waals surface area contributed by atoms with Crippen LogP contribution in [0.15, 0.2) is 166 Å². The van der Waals surface area contributed by atoms with E-state index in [9.17, 15) is 43.2 Å². The van der Waals surface area contributed by atoms with Crippen molar-refractivity contribution in [1.29, 1.82) is 0 Å². The second kappa shape index (κ2) is 71.6. The molecule has 390 valence electrons. The zero-order valence-electron chi connectivity index (χ0n) is 41.5. The summed E-state index contributed by atoms with van der Waals surface area (Å²) in [5, 5.41) is 7.60. The molecule has 3 rings (SSSR count). The highest BCUT2D eigenvalue weighted by Crippen LogP contribution is 2.10. The van der Waals surface area contributed by atoms with Gasteiger partial charge in [0.1, 0.15) is 25.4 Å². The highest BCUT2D eigenvalue weighted by atomic mass is 16.6. The lowest BCUT2D eigenvalue weighted by Crippen LogP contribution is -2.09. The van der Waals surface area contributed by atoms with Crippen LogP contribution in [0.3, 0.4) is 0 Å². The van der Waals surface area contributed by atoms with Crippen molar-refractivity contribution in [3.63, 3.8) is 0 Å². The van der Waals surface area contributed by atoms with Crippen molar-refractivity contribution in [2.24, 2.45) is 0 Å². The third-order valence-electron chi connectivity index (χ3n) is 4.93. The molecule has 0 aromatic carbocycles. The number of methoxy groups -OCH3 is 2.